The summed E-state index contributed by atoms with van der Waals surface area (Å²) in [4.78, 5) is 12.0. The number of halogens is 3. The van der Waals surface area contributed by atoms with E-state index >= 15 is 0 Å². The van der Waals surface area contributed by atoms with Crippen LogP contribution >= 0.6 is 12.4 Å². The van der Waals surface area contributed by atoms with Crippen molar-refractivity contribution in [2.75, 3.05) is 13.1 Å². The van der Waals surface area contributed by atoms with Crippen LogP contribution in [0.3, 0.4) is 0 Å². The molecule has 1 aliphatic heterocycles. The minimum absolute atomic E-state index is 0. The van der Waals surface area contributed by atoms with Crippen LogP contribution in [0.2, 0.25) is 0 Å². The summed E-state index contributed by atoms with van der Waals surface area (Å²) < 4.78 is 29.3. The van der Waals surface area contributed by atoms with Gasteiger partial charge in [0.1, 0.15) is 5.75 Å². The summed E-state index contributed by atoms with van der Waals surface area (Å²) in [7, 11) is 0. The van der Waals surface area contributed by atoms with E-state index in [9.17, 15) is 13.6 Å². The van der Waals surface area contributed by atoms with Gasteiger partial charge in [0, 0.05) is 18.5 Å². The molecule has 0 unspecified atom stereocenters. The zero-order chi connectivity index (χ0) is 16.7. The predicted octanol–water partition coefficient (Wildman–Crippen LogP) is 3.41. The third-order valence-electron chi connectivity index (χ3n) is 4.15. The zero-order valence-corrected chi connectivity index (χ0v) is 14.6. The lowest BCUT2D eigenvalue weighted by Crippen LogP contribution is -2.29. The number of carbonyl (C=O) groups is 1. The Labute approximate surface area is 147 Å². The number of hydrogen-bond donors (Lipinski definition) is 2. The van der Waals surface area contributed by atoms with Crippen molar-refractivity contribution in [1.29, 1.82) is 0 Å². The van der Waals surface area contributed by atoms with Crippen LogP contribution in [0.5, 0.6) is 5.75 Å². The Morgan fingerprint density at radius 2 is 2.08 bits per heavy atom. The second kappa shape index (κ2) is 10.5. The molecule has 0 aromatic heterocycles. The van der Waals surface area contributed by atoms with Crippen LogP contribution in [0.15, 0.2) is 18.2 Å². The Bertz CT molecular complexity index is 523. The number of carbonyl (C=O) groups excluding carboxylic acids is 1. The monoisotopic (exact) mass is 362 g/mol. The van der Waals surface area contributed by atoms with Crippen LogP contribution in [0, 0.1) is 12.8 Å². The van der Waals surface area contributed by atoms with Gasteiger partial charge >= 0.3 is 6.61 Å². The predicted molar refractivity (Wildman–Crippen MR) is 91.7 cm³/mol. The Kier molecular flexibility index (Phi) is 9.00. The van der Waals surface area contributed by atoms with Gasteiger partial charge in [-0.2, -0.15) is 8.78 Å². The normalized spacial score (nSPS) is 15.0. The molecule has 0 atom stereocenters. The summed E-state index contributed by atoms with van der Waals surface area (Å²) in [5, 5.41) is 6.10. The van der Waals surface area contributed by atoms with Gasteiger partial charge in [-0.15, -0.1) is 12.4 Å². The summed E-state index contributed by atoms with van der Waals surface area (Å²) in [5.41, 5.74) is 1.51. The number of ether oxygens (including phenoxy) is 1. The fraction of sp³-hybridized carbons (Fsp3) is 0.588. The largest absolute Gasteiger partial charge is 0.434 e. The molecule has 1 aliphatic rings. The molecule has 1 saturated heterocycles. The second-order valence-corrected chi connectivity index (χ2v) is 6.00. The van der Waals surface area contributed by atoms with E-state index < -0.39 is 6.61 Å². The van der Waals surface area contributed by atoms with Gasteiger partial charge in [0.25, 0.3) is 0 Å². The summed E-state index contributed by atoms with van der Waals surface area (Å²) >= 11 is 0. The molecule has 2 N–H and O–H groups in total. The van der Waals surface area contributed by atoms with Crippen molar-refractivity contribution in [3.63, 3.8) is 0 Å². The number of amides is 1. The molecule has 4 nitrogen and oxygen atoms in total. The highest BCUT2D eigenvalue weighted by Crippen LogP contribution is 2.22. The van der Waals surface area contributed by atoms with Gasteiger partial charge in [0.15, 0.2) is 0 Å². The number of hydrogen-bond acceptors (Lipinski definition) is 3. The first-order valence-electron chi connectivity index (χ1n) is 8.06. The molecular weight excluding hydrogens is 338 g/mol. The number of alkyl halides is 2. The van der Waals surface area contributed by atoms with Gasteiger partial charge in [-0.1, -0.05) is 17.7 Å². The molecule has 1 aromatic rings. The third-order valence-corrected chi connectivity index (χ3v) is 4.15. The van der Waals surface area contributed by atoms with Crippen molar-refractivity contribution >= 4 is 18.3 Å². The molecule has 0 radical (unpaired) electrons. The average Bonchev–Trinajstić information content (AvgIpc) is 2.53. The van der Waals surface area contributed by atoms with Crippen LogP contribution in [-0.4, -0.2) is 25.6 Å². The number of benzene rings is 1. The quantitative estimate of drug-likeness (QED) is 0.781. The molecule has 7 heteroatoms. The Morgan fingerprint density at radius 1 is 1.38 bits per heavy atom. The van der Waals surface area contributed by atoms with Gasteiger partial charge in [-0.3, -0.25) is 4.79 Å². The van der Waals surface area contributed by atoms with Crippen LogP contribution < -0.4 is 15.4 Å². The van der Waals surface area contributed by atoms with Crippen molar-refractivity contribution in [1.82, 2.24) is 10.6 Å². The van der Waals surface area contributed by atoms with Crippen molar-refractivity contribution in [2.45, 2.75) is 45.8 Å². The van der Waals surface area contributed by atoms with E-state index in [1.54, 1.807) is 12.1 Å². The minimum atomic E-state index is -2.87. The van der Waals surface area contributed by atoms with E-state index in [2.05, 4.69) is 15.4 Å². The number of rotatable bonds is 7. The van der Waals surface area contributed by atoms with E-state index in [-0.39, 0.29) is 30.6 Å². The average molecular weight is 363 g/mol. The lowest BCUT2D eigenvalue weighted by atomic mass is 9.93. The van der Waals surface area contributed by atoms with Crippen LogP contribution in [0.25, 0.3) is 0 Å². The number of aryl methyl sites for hydroxylation is 1. The summed E-state index contributed by atoms with van der Waals surface area (Å²) in [6.45, 7) is 1.24. The molecule has 0 aliphatic carbocycles. The van der Waals surface area contributed by atoms with Crippen molar-refractivity contribution in [2.24, 2.45) is 5.92 Å². The van der Waals surface area contributed by atoms with Crippen LogP contribution in [0.4, 0.5) is 8.78 Å². The lowest BCUT2D eigenvalue weighted by molar-refractivity contribution is -0.121. The maximum absolute atomic E-state index is 12.4. The standard InChI is InChI=1S/C17H24F2N2O2.ClH/c1-12-2-4-15(23-17(18)19)14(10-12)11-21-16(22)5-3-13-6-8-20-9-7-13;/h2,4,10,13,17,20H,3,5-9,11H2,1H3,(H,21,22);1H. The van der Waals surface area contributed by atoms with E-state index in [0.29, 0.717) is 17.9 Å². The maximum atomic E-state index is 12.4. The fourth-order valence-electron chi connectivity index (χ4n) is 2.85. The molecule has 136 valence electrons. The van der Waals surface area contributed by atoms with E-state index in [1.165, 1.54) is 6.07 Å². The molecule has 1 amide bonds. The summed E-state index contributed by atoms with van der Waals surface area (Å²) in [5.74, 6) is 0.663. The maximum Gasteiger partial charge on any atom is 0.387 e. The van der Waals surface area contributed by atoms with Crippen LogP contribution in [-0.2, 0) is 11.3 Å². The Morgan fingerprint density at radius 3 is 2.75 bits per heavy atom. The van der Waals surface area contributed by atoms with E-state index in [1.807, 2.05) is 6.92 Å². The van der Waals surface area contributed by atoms with Gasteiger partial charge in [0.2, 0.25) is 5.91 Å². The molecule has 0 spiro atoms. The first-order valence-corrected chi connectivity index (χ1v) is 8.06. The lowest BCUT2D eigenvalue weighted by Gasteiger charge is -2.22. The third kappa shape index (κ3) is 7.01. The molecular formula is C17H25ClF2N2O2. The summed E-state index contributed by atoms with van der Waals surface area (Å²) in [6.07, 6.45) is 3.57. The SMILES string of the molecule is Cc1ccc(OC(F)F)c(CNC(=O)CCC2CCNCC2)c1.Cl. The Hall–Kier alpha value is -1.40. The van der Waals surface area contributed by atoms with Crippen LogP contribution in [0.1, 0.15) is 36.8 Å². The second-order valence-electron chi connectivity index (χ2n) is 6.00. The zero-order valence-electron chi connectivity index (χ0n) is 13.8. The first-order chi connectivity index (χ1) is 11.0. The van der Waals surface area contributed by atoms with Crippen molar-refractivity contribution < 1.29 is 18.3 Å². The summed E-state index contributed by atoms with van der Waals surface area (Å²) in [6, 6.07) is 4.98. The molecule has 2 rings (SSSR count). The van der Waals surface area contributed by atoms with Gasteiger partial charge in [-0.05, 0) is 51.3 Å². The minimum Gasteiger partial charge on any atom is -0.434 e. The smallest absolute Gasteiger partial charge is 0.387 e. The fourth-order valence-corrected chi connectivity index (χ4v) is 2.85. The highest BCUT2D eigenvalue weighted by Gasteiger charge is 2.15. The molecule has 0 saturated carbocycles. The topological polar surface area (TPSA) is 50.4 Å². The van der Waals surface area contributed by atoms with Gasteiger partial charge in [-0.25, -0.2) is 0 Å². The molecule has 1 fully saturated rings. The van der Waals surface area contributed by atoms with Gasteiger partial charge < -0.3 is 15.4 Å². The van der Waals surface area contributed by atoms with Crippen molar-refractivity contribution in [3.8, 4) is 5.75 Å². The Balaban J connectivity index is 0.00000288. The highest BCUT2D eigenvalue weighted by atomic mass is 35.5. The molecule has 1 heterocycles. The van der Waals surface area contributed by atoms with E-state index in [0.717, 1.165) is 37.9 Å². The molecule has 1 aromatic carbocycles. The highest BCUT2D eigenvalue weighted by molar-refractivity contribution is 5.85. The molecule has 0 bridgehead atoms. The first kappa shape index (κ1) is 20.6. The molecule has 24 heavy (non-hydrogen) atoms. The number of piperidine rings is 1. The van der Waals surface area contributed by atoms with Crippen molar-refractivity contribution in [3.05, 3.63) is 29.3 Å². The van der Waals surface area contributed by atoms with E-state index in [4.69, 9.17) is 0 Å². The number of nitrogens with one attached hydrogen (secondary N) is 2. The van der Waals surface area contributed by atoms with Gasteiger partial charge in [0.05, 0.1) is 0 Å².